The maximum atomic E-state index is 12.5. The van der Waals surface area contributed by atoms with Crippen LogP contribution in [0.5, 0.6) is 5.75 Å². The molecule has 9 aromatic rings. The minimum Gasteiger partial charge on any atom is -0.507 e. The molecule has 9 rings (SSSR count). The van der Waals surface area contributed by atoms with Crippen molar-refractivity contribution >= 4 is 11.0 Å². The summed E-state index contributed by atoms with van der Waals surface area (Å²) >= 11 is 0. The number of hydrogen-bond acceptors (Lipinski definition) is 3. The Morgan fingerprint density at radius 3 is 1.87 bits per heavy atom. The molecule has 68 heavy (non-hydrogen) atoms. The molecular weight excluding hydrogens is 1010 g/mol. The number of benzene rings is 7. The van der Waals surface area contributed by atoms with E-state index in [-0.39, 0.29) is 49.5 Å². The molecule has 0 bridgehead atoms. The van der Waals surface area contributed by atoms with E-state index in [2.05, 4.69) is 195 Å². The number of aromatic nitrogens is 3. The van der Waals surface area contributed by atoms with E-state index in [4.69, 9.17) is 14.1 Å². The Hall–Kier alpha value is -6.35. The van der Waals surface area contributed by atoms with Crippen LogP contribution >= 0.6 is 0 Å². The topological polar surface area (TPSA) is 50.9 Å². The van der Waals surface area contributed by atoms with E-state index >= 15 is 0 Å². The van der Waals surface area contributed by atoms with Gasteiger partial charge in [-0.1, -0.05) is 195 Å². The normalized spacial score (nSPS) is 12.8. The zero-order valence-electron chi connectivity index (χ0n) is 43.8. The molecule has 346 valence electrons. The van der Waals surface area contributed by atoms with Gasteiger partial charge in [-0.2, -0.15) is 0 Å². The first-order valence-corrected chi connectivity index (χ1v) is 23.5. The summed E-state index contributed by atoms with van der Waals surface area (Å²) in [6.07, 6.45) is 1.80. The zero-order chi connectivity index (χ0) is 49.9. The Bertz CT molecular complexity index is 3380. The fourth-order valence-electron chi connectivity index (χ4n) is 9.17. The number of pyridine rings is 1. The molecule has 0 amide bonds. The molecule has 5 heteroatoms. The molecule has 0 aliphatic heterocycles. The third kappa shape index (κ3) is 9.41. The van der Waals surface area contributed by atoms with E-state index in [9.17, 15) is 5.11 Å². The van der Waals surface area contributed by atoms with Crippen molar-refractivity contribution in [3.05, 3.63) is 192 Å². The first kappa shape index (κ1) is 44.2. The zero-order valence-corrected chi connectivity index (χ0v) is 43.0. The third-order valence-electron chi connectivity index (χ3n) is 13.0. The molecule has 0 atom stereocenters. The van der Waals surface area contributed by atoms with Gasteiger partial charge in [-0.15, -0.1) is 29.3 Å². The maximum Gasteiger partial charge on any atom is 0.148 e. The summed E-state index contributed by atoms with van der Waals surface area (Å²) in [5, 5.41) is 12.5. The van der Waals surface area contributed by atoms with Crippen molar-refractivity contribution in [3.8, 4) is 78.6 Å². The van der Waals surface area contributed by atoms with Gasteiger partial charge in [-0.25, -0.2) is 4.98 Å². The Kier molecular flexibility index (Phi) is 12.3. The van der Waals surface area contributed by atoms with Crippen molar-refractivity contribution in [1.29, 1.82) is 0 Å². The summed E-state index contributed by atoms with van der Waals surface area (Å²) in [7, 11) is 0. The largest absolute Gasteiger partial charge is 0.507 e. The summed E-state index contributed by atoms with van der Waals surface area (Å²) in [5.41, 5.74) is 17.1. The van der Waals surface area contributed by atoms with Crippen molar-refractivity contribution in [1.82, 2.24) is 14.5 Å². The molecule has 7 aromatic carbocycles. The van der Waals surface area contributed by atoms with E-state index in [1.54, 1.807) is 18.3 Å². The first-order valence-electron chi connectivity index (χ1n) is 25.0. The quantitative estimate of drug-likeness (QED) is 0.147. The predicted octanol–water partition coefficient (Wildman–Crippen LogP) is 17.1. The molecule has 1 N–H and O–H groups in total. The van der Waals surface area contributed by atoms with Gasteiger partial charge >= 0.3 is 0 Å². The van der Waals surface area contributed by atoms with Crippen molar-refractivity contribution < 1.29 is 30.3 Å². The van der Waals surface area contributed by atoms with Gasteiger partial charge < -0.3 is 5.11 Å². The van der Waals surface area contributed by atoms with Crippen LogP contribution in [0.15, 0.2) is 158 Å². The number of aryl methyl sites for hydroxylation is 1. The summed E-state index contributed by atoms with van der Waals surface area (Å²) in [5.74, 6) is 1.15. The van der Waals surface area contributed by atoms with Gasteiger partial charge in [0, 0.05) is 42.6 Å². The van der Waals surface area contributed by atoms with Crippen molar-refractivity contribution in [2.45, 2.75) is 98.8 Å². The Balaban J connectivity index is 0.00000676. The number of nitrogens with zero attached hydrogens (tertiary/aromatic N) is 3. The van der Waals surface area contributed by atoms with Gasteiger partial charge in [-0.3, -0.25) is 9.55 Å². The van der Waals surface area contributed by atoms with E-state index in [1.165, 1.54) is 5.56 Å². The van der Waals surface area contributed by atoms with E-state index in [0.717, 1.165) is 89.2 Å². The van der Waals surface area contributed by atoms with Crippen LogP contribution < -0.4 is 0 Å². The first-order chi connectivity index (χ1) is 33.2. The summed E-state index contributed by atoms with van der Waals surface area (Å²) < 4.78 is 25.9. The molecule has 4 nitrogen and oxygen atoms in total. The van der Waals surface area contributed by atoms with Crippen molar-refractivity contribution in [3.63, 3.8) is 0 Å². The maximum absolute atomic E-state index is 12.5. The number of imidazole rings is 1. The van der Waals surface area contributed by atoms with Crippen LogP contribution in [0.3, 0.4) is 0 Å². The second-order valence-electron chi connectivity index (χ2n) is 20.6. The van der Waals surface area contributed by atoms with Crippen molar-refractivity contribution in [2.75, 3.05) is 0 Å². The number of phenols is 1. The molecule has 2 heterocycles. The Labute approximate surface area is 422 Å². The minimum absolute atomic E-state index is 0. The molecule has 2 aromatic heterocycles. The second-order valence-corrected chi connectivity index (χ2v) is 20.6. The summed E-state index contributed by atoms with van der Waals surface area (Å²) in [6.45, 7) is 19.9. The molecule has 0 aliphatic rings. The molecule has 0 unspecified atom stereocenters. The van der Waals surface area contributed by atoms with Crippen LogP contribution in [0.25, 0.3) is 83.9 Å². The van der Waals surface area contributed by atoms with E-state index < -0.39 is 6.85 Å². The van der Waals surface area contributed by atoms with Crippen LogP contribution in [0.4, 0.5) is 0 Å². The van der Waals surface area contributed by atoms with E-state index in [0.29, 0.717) is 17.0 Å². The van der Waals surface area contributed by atoms with Gasteiger partial charge in [-0.05, 0) is 104 Å². The second kappa shape index (κ2) is 19.0. The number of aromatic hydroxyl groups is 1. The van der Waals surface area contributed by atoms with Gasteiger partial charge in [0.15, 0.2) is 0 Å². The monoisotopic (exact) mass is 1070 g/mol. The number of phenolic OH excluding ortho intramolecular Hbond substituents is 1. The summed E-state index contributed by atoms with van der Waals surface area (Å²) in [6, 6.07) is 55.9. The smallest absolute Gasteiger partial charge is 0.148 e. The predicted molar refractivity (Wildman–Crippen MR) is 282 cm³/mol. The standard InChI is InChI=1S/C63H62N3O.Pt/c1-39(2)46-34-51(40(3)4)60(67)54(35-46)61-65-59-50(47-31-48(33-49(32-47)62(6,7)8)56-36-45(29-30-64-56)42-27-25-41(5)26-28-42)23-18-24-57(59)66(61)58-38-52(43-19-14-12-15-20-43)55(63(9,10)11)37-53(58)44-21-16-13-17-22-44;/h12-30,32-40,67H,1-11H3;/q-1;/i5D3;. The average Bonchev–Trinajstić information content (AvgIpc) is 3.72. The number of rotatable bonds is 9. The van der Waals surface area contributed by atoms with Crippen molar-refractivity contribution in [2.24, 2.45) is 0 Å². The Morgan fingerprint density at radius 2 is 1.25 bits per heavy atom. The van der Waals surface area contributed by atoms with Crippen LogP contribution in [-0.2, 0) is 31.9 Å². The van der Waals surface area contributed by atoms with Gasteiger partial charge in [0.1, 0.15) is 11.6 Å². The molecule has 0 radical (unpaired) electrons. The van der Waals surface area contributed by atoms with Gasteiger partial charge in [0.25, 0.3) is 0 Å². The average molecular weight is 1080 g/mol. The fraction of sp³-hybridized carbons (Fsp3) is 0.238. The van der Waals surface area contributed by atoms with Gasteiger partial charge in [0.05, 0.1) is 22.3 Å². The molecular formula is C63H62N3OPt-. The Morgan fingerprint density at radius 1 is 0.588 bits per heavy atom. The molecule has 0 saturated heterocycles. The number of hydrogen-bond donors (Lipinski definition) is 1. The minimum atomic E-state index is -2.18. The van der Waals surface area contributed by atoms with E-state index in [1.807, 2.05) is 24.3 Å². The fourth-order valence-corrected chi connectivity index (χ4v) is 9.17. The van der Waals surface area contributed by atoms with Crippen LogP contribution in [-0.4, -0.2) is 19.6 Å². The number of fused-ring (bicyclic) bond motifs is 1. The molecule has 0 saturated carbocycles. The van der Waals surface area contributed by atoms with Crippen LogP contribution in [0.1, 0.15) is 113 Å². The summed E-state index contributed by atoms with van der Waals surface area (Å²) in [4.78, 5) is 10.6. The SMILES string of the molecule is [2H]C([2H])([2H])c1ccc(-c2ccnc(-c3[c-]c(-c4cccc5c4nc(-c4cc(C(C)C)cc(C(C)C)c4O)n5-c4cc(-c5ccccc5)c(C(C)(C)C)cc4-c4ccccc4)cc(C(C)(C)C)c3)c2)cc1.[Pt]. The molecule has 0 fully saturated rings. The molecule has 0 aliphatic carbocycles. The van der Waals surface area contributed by atoms with Gasteiger partial charge in [0.2, 0.25) is 0 Å². The third-order valence-corrected chi connectivity index (χ3v) is 13.0. The molecule has 0 spiro atoms. The number of para-hydroxylation sites is 1. The van der Waals surface area contributed by atoms with Crippen LogP contribution in [0.2, 0.25) is 0 Å². The van der Waals surface area contributed by atoms with Crippen LogP contribution in [0, 0.1) is 12.9 Å².